The minimum absolute atomic E-state index is 0. The van der Waals surface area contributed by atoms with Gasteiger partial charge in [-0.15, -0.1) is 0 Å². The van der Waals surface area contributed by atoms with Crippen molar-refractivity contribution in [2.75, 3.05) is 0 Å². The number of ketones is 1. The summed E-state index contributed by atoms with van der Waals surface area (Å²) < 4.78 is 0. The largest absolute Gasteiger partial charge is 0.350 e. The van der Waals surface area contributed by atoms with Crippen molar-refractivity contribution in [3.05, 3.63) is 35.4 Å². The molecule has 1 N–H and O–H groups in total. The summed E-state index contributed by atoms with van der Waals surface area (Å²) in [7, 11) is 0. The van der Waals surface area contributed by atoms with Crippen LogP contribution in [-0.2, 0) is 0 Å². The number of hydrogen-bond acceptors (Lipinski definition) is 2. The van der Waals surface area contributed by atoms with E-state index in [1.165, 1.54) is 0 Å². The zero-order valence-electron chi connectivity index (χ0n) is 15.3. The SMILES string of the molecule is CC(C)CC(CC(C)C)C(=O)c1ccc(C(=O)NC(C)C)cc1.[HH]. The second-order valence-electron chi connectivity index (χ2n) is 7.53. The number of Topliss-reactive ketones (excluding diaryl/α,β-unsaturated/α-hetero) is 1. The van der Waals surface area contributed by atoms with Gasteiger partial charge in [0.25, 0.3) is 5.91 Å². The first kappa shape index (κ1) is 19.4. The predicted molar refractivity (Wildman–Crippen MR) is 97.9 cm³/mol. The van der Waals surface area contributed by atoms with Gasteiger partial charge in [-0.1, -0.05) is 39.8 Å². The van der Waals surface area contributed by atoms with E-state index < -0.39 is 0 Å². The Bertz CT molecular complexity index is 511. The molecule has 23 heavy (non-hydrogen) atoms. The number of carbonyl (C=O) groups is 2. The fraction of sp³-hybridized carbons (Fsp3) is 0.600. The molecule has 1 aromatic rings. The molecule has 0 bridgehead atoms. The summed E-state index contributed by atoms with van der Waals surface area (Å²) in [5.74, 6) is 1.16. The van der Waals surface area contributed by atoms with E-state index in [1.807, 2.05) is 13.8 Å². The highest BCUT2D eigenvalue weighted by Gasteiger charge is 2.22. The third kappa shape index (κ3) is 6.55. The molecule has 0 unspecified atom stereocenters. The van der Waals surface area contributed by atoms with Crippen molar-refractivity contribution in [3.8, 4) is 0 Å². The molecule has 0 aliphatic heterocycles. The van der Waals surface area contributed by atoms with Crippen molar-refractivity contribution in [2.24, 2.45) is 17.8 Å². The summed E-state index contributed by atoms with van der Waals surface area (Å²) in [6.45, 7) is 12.5. The smallest absolute Gasteiger partial charge is 0.251 e. The van der Waals surface area contributed by atoms with Crippen LogP contribution in [-0.4, -0.2) is 17.7 Å². The van der Waals surface area contributed by atoms with Crippen LogP contribution >= 0.6 is 0 Å². The van der Waals surface area contributed by atoms with Crippen molar-refractivity contribution >= 4 is 11.7 Å². The molecule has 0 aromatic heterocycles. The molecule has 0 radical (unpaired) electrons. The maximum absolute atomic E-state index is 12.8. The van der Waals surface area contributed by atoms with Crippen molar-refractivity contribution in [1.82, 2.24) is 5.32 Å². The molecule has 3 heteroatoms. The minimum atomic E-state index is -0.0973. The van der Waals surface area contributed by atoms with Crippen molar-refractivity contribution in [1.29, 1.82) is 0 Å². The summed E-state index contributed by atoms with van der Waals surface area (Å²) in [5, 5.41) is 2.86. The van der Waals surface area contributed by atoms with Gasteiger partial charge in [0.1, 0.15) is 0 Å². The quantitative estimate of drug-likeness (QED) is 0.688. The molecule has 0 aliphatic carbocycles. The lowest BCUT2D eigenvalue weighted by Crippen LogP contribution is -2.30. The van der Waals surface area contributed by atoms with Gasteiger partial charge in [0.15, 0.2) is 5.78 Å². The molecule has 0 heterocycles. The Morgan fingerprint density at radius 1 is 0.870 bits per heavy atom. The highest BCUT2D eigenvalue weighted by molar-refractivity contribution is 6.00. The van der Waals surface area contributed by atoms with E-state index in [0.29, 0.717) is 23.0 Å². The van der Waals surface area contributed by atoms with Crippen molar-refractivity contribution < 1.29 is 11.0 Å². The first-order valence-electron chi connectivity index (χ1n) is 8.65. The first-order chi connectivity index (χ1) is 10.7. The third-order valence-electron chi connectivity index (χ3n) is 3.73. The summed E-state index contributed by atoms with van der Waals surface area (Å²) in [4.78, 5) is 24.7. The van der Waals surface area contributed by atoms with Crippen LogP contribution in [0.1, 0.15) is 76.5 Å². The fourth-order valence-electron chi connectivity index (χ4n) is 2.82. The molecule has 3 nitrogen and oxygen atoms in total. The fourth-order valence-corrected chi connectivity index (χ4v) is 2.82. The van der Waals surface area contributed by atoms with E-state index in [9.17, 15) is 9.59 Å². The molecule has 0 saturated heterocycles. The summed E-state index contributed by atoms with van der Waals surface area (Å²) in [6, 6.07) is 7.15. The zero-order valence-corrected chi connectivity index (χ0v) is 15.3. The number of nitrogens with one attached hydrogen (secondary N) is 1. The van der Waals surface area contributed by atoms with Gasteiger partial charge in [-0.3, -0.25) is 9.59 Å². The molecule has 1 rings (SSSR count). The van der Waals surface area contributed by atoms with Crippen LogP contribution in [0.4, 0.5) is 0 Å². The van der Waals surface area contributed by atoms with Gasteiger partial charge in [-0.2, -0.15) is 0 Å². The van der Waals surface area contributed by atoms with Crippen LogP contribution in [0, 0.1) is 17.8 Å². The topological polar surface area (TPSA) is 46.2 Å². The summed E-state index contributed by atoms with van der Waals surface area (Å²) in [5.41, 5.74) is 1.30. The van der Waals surface area contributed by atoms with E-state index in [4.69, 9.17) is 0 Å². The van der Waals surface area contributed by atoms with E-state index in [-0.39, 0.29) is 25.1 Å². The van der Waals surface area contributed by atoms with Gasteiger partial charge in [0.05, 0.1) is 0 Å². The van der Waals surface area contributed by atoms with E-state index >= 15 is 0 Å². The molecular formula is C20H33NO2. The van der Waals surface area contributed by atoms with Crippen LogP contribution in [0.25, 0.3) is 0 Å². The van der Waals surface area contributed by atoms with Crippen LogP contribution in [0.5, 0.6) is 0 Å². The molecule has 1 amide bonds. The van der Waals surface area contributed by atoms with Crippen LogP contribution < -0.4 is 5.32 Å². The summed E-state index contributed by atoms with van der Waals surface area (Å²) in [6.07, 6.45) is 1.82. The average molecular weight is 319 g/mol. The highest BCUT2D eigenvalue weighted by Crippen LogP contribution is 2.24. The lowest BCUT2D eigenvalue weighted by molar-refractivity contribution is 0.0882. The van der Waals surface area contributed by atoms with E-state index in [0.717, 1.165) is 12.8 Å². The molecule has 0 fully saturated rings. The standard InChI is InChI=1S/C20H31NO2.H2/c1-13(2)11-18(12-14(3)4)19(22)16-7-9-17(10-8-16)20(23)21-15(5)6;/h7-10,13-15,18H,11-12H2,1-6H3,(H,21,23);1H. The molecule has 0 spiro atoms. The van der Waals surface area contributed by atoms with Gasteiger partial charge in [-0.25, -0.2) is 0 Å². The van der Waals surface area contributed by atoms with E-state index in [2.05, 4.69) is 33.0 Å². The van der Waals surface area contributed by atoms with Crippen molar-refractivity contribution in [2.45, 2.75) is 60.4 Å². The minimum Gasteiger partial charge on any atom is -0.350 e. The molecule has 130 valence electrons. The molecule has 0 atom stereocenters. The Morgan fingerprint density at radius 3 is 1.70 bits per heavy atom. The second kappa shape index (κ2) is 8.85. The summed E-state index contributed by atoms with van der Waals surface area (Å²) >= 11 is 0. The number of rotatable bonds is 8. The molecule has 1 aromatic carbocycles. The molecular weight excluding hydrogens is 286 g/mol. The number of benzene rings is 1. The lowest BCUT2D eigenvalue weighted by atomic mass is 9.84. The zero-order chi connectivity index (χ0) is 17.6. The Labute approximate surface area is 142 Å². The lowest BCUT2D eigenvalue weighted by Gasteiger charge is -2.20. The normalized spacial score (nSPS) is 11.6. The van der Waals surface area contributed by atoms with Gasteiger partial charge in [0.2, 0.25) is 0 Å². The number of amides is 1. The maximum Gasteiger partial charge on any atom is 0.251 e. The first-order valence-corrected chi connectivity index (χ1v) is 8.65. The van der Waals surface area contributed by atoms with Gasteiger partial charge < -0.3 is 5.32 Å². The van der Waals surface area contributed by atoms with Gasteiger partial charge >= 0.3 is 0 Å². The van der Waals surface area contributed by atoms with Crippen molar-refractivity contribution in [3.63, 3.8) is 0 Å². The Balaban J connectivity index is 0.00000529. The van der Waals surface area contributed by atoms with Crippen LogP contribution in [0.2, 0.25) is 0 Å². The third-order valence-corrected chi connectivity index (χ3v) is 3.73. The molecule has 0 saturated carbocycles. The van der Waals surface area contributed by atoms with Gasteiger partial charge in [0, 0.05) is 24.5 Å². The van der Waals surface area contributed by atoms with Crippen LogP contribution in [0.3, 0.4) is 0 Å². The Kier molecular flexibility index (Phi) is 7.47. The number of hydrogen-bond donors (Lipinski definition) is 1. The Morgan fingerprint density at radius 2 is 1.30 bits per heavy atom. The van der Waals surface area contributed by atoms with Crippen LogP contribution in [0.15, 0.2) is 24.3 Å². The van der Waals surface area contributed by atoms with Gasteiger partial charge in [-0.05, 0) is 50.7 Å². The van der Waals surface area contributed by atoms with E-state index in [1.54, 1.807) is 24.3 Å². The number of carbonyl (C=O) groups excluding carboxylic acids is 2. The monoisotopic (exact) mass is 319 g/mol. The highest BCUT2D eigenvalue weighted by atomic mass is 16.1. The average Bonchev–Trinajstić information content (AvgIpc) is 2.44. The maximum atomic E-state index is 12.8. The molecule has 0 aliphatic rings. The Hall–Kier alpha value is -1.64. The second-order valence-corrected chi connectivity index (χ2v) is 7.53. The predicted octanol–water partition coefficient (Wildman–Crippen LogP) is 4.96.